The predicted molar refractivity (Wildman–Crippen MR) is 87.5 cm³/mol. The molecule has 1 fully saturated rings. The number of ether oxygens (including phenoxy) is 2. The molecule has 0 aromatic carbocycles. The van der Waals surface area contributed by atoms with E-state index < -0.39 is 33.8 Å². The summed E-state index contributed by atoms with van der Waals surface area (Å²) in [6.07, 6.45) is 0.778. The maximum atomic E-state index is 12.2. The minimum Gasteiger partial charge on any atom is -0.463 e. The van der Waals surface area contributed by atoms with Crippen molar-refractivity contribution in [2.24, 2.45) is 5.41 Å². The van der Waals surface area contributed by atoms with Crippen molar-refractivity contribution in [1.29, 1.82) is 0 Å². The van der Waals surface area contributed by atoms with Gasteiger partial charge in [0.25, 0.3) is 0 Å². The van der Waals surface area contributed by atoms with Crippen LogP contribution in [-0.2, 0) is 19.1 Å². The van der Waals surface area contributed by atoms with Gasteiger partial charge in [-0.3, -0.25) is 4.79 Å². The number of amides is 2. The van der Waals surface area contributed by atoms with Crippen LogP contribution in [0.3, 0.4) is 0 Å². The summed E-state index contributed by atoms with van der Waals surface area (Å²) in [5, 5.41) is 5.14. The van der Waals surface area contributed by atoms with E-state index in [2.05, 4.69) is 10.6 Å². The number of halogens is 2. The van der Waals surface area contributed by atoms with Gasteiger partial charge in [0.1, 0.15) is 16.4 Å². The fraction of sp³-hybridized carbons (Fsp3) is 0.667. The monoisotopic (exact) mass is 378 g/mol. The maximum Gasteiger partial charge on any atom is 0.338 e. The lowest BCUT2D eigenvalue weighted by atomic mass is 10.0. The van der Waals surface area contributed by atoms with E-state index in [-0.39, 0.29) is 30.9 Å². The smallest absolute Gasteiger partial charge is 0.338 e. The number of esters is 2. The summed E-state index contributed by atoms with van der Waals surface area (Å²) in [5.74, 6) is -1.14. The van der Waals surface area contributed by atoms with E-state index in [0.717, 1.165) is 0 Å². The van der Waals surface area contributed by atoms with E-state index in [9.17, 15) is 14.4 Å². The van der Waals surface area contributed by atoms with Gasteiger partial charge in [-0.25, -0.2) is 9.59 Å². The molecule has 0 saturated heterocycles. The second-order valence-electron chi connectivity index (χ2n) is 5.96. The molecule has 0 bridgehead atoms. The summed E-state index contributed by atoms with van der Waals surface area (Å²) in [5.41, 5.74) is -0.533. The molecule has 1 saturated carbocycles. The molecule has 7 nitrogen and oxygen atoms in total. The van der Waals surface area contributed by atoms with Crippen LogP contribution in [0.4, 0.5) is 4.79 Å². The van der Waals surface area contributed by atoms with E-state index in [4.69, 9.17) is 32.7 Å². The van der Waals surface area contributed by atoms with Crippen molar-refractivity contribution in [2.45, 2.75) is 44.0 Å². The van der Waals surface area contributed by atoms with Crippen molar-refractivity contribution in [1.82, 2.24) is 10.6 Å². The summed E-state index contributed by atoms with van der Waals surface area (Å²) >= 11 is 11.9. The Hall–Kier alpha value is -1.47. The molecule has 0 spiro atoms. The van der Waals surface area contributed by atoms with Gasteiger partial charge in [0, 0.05) is 6.42 Å². The molecule has 2 amide bonds. The van der Waals surface area contributed by atoms with Gasteiger partial charge in [-0.2, -0.15) is 0 Å². The van der Waals surface area contributed by atoms with Gasteiger partial charge in [0.15, 0.2) is 0 Å². The van der Waals surface area contributed by atoms with Gasteiger partial charge in [0.05, 0.1) is 23.9 Å². The molecule has 9 heteroatoms. The molecule has 24 heavy (non-hydrogen) atoms. The van der Waals surface area contributed by atoms with Crippen LogP contribution in [0.1, 0.15) is 33.6 Å². The fourth-order valence-electron chi connectivity index (χ4n) is 2.49. The molecule has 2 aliphatic rings. The molecule has 2 N–H and O–H groups in total. The summed E-state index contributed by atoms with van der Waals surface area (Å²) in [6.45, 7) is 5.03. The molecule has 134 valence electrons. The minimum atomic E-state index is -1.15. The zero-order valence-electron chi connectivity index (χ0n) is 13.7. The molecular formula is C15H20Cl2N2O5. The Morgan fingerprint density at radius 1 is 1.29 bits per heavy atom. The van der Waals surface area contributed by atoms with Gasteiger partial charge in [-0.1, -0.05) is 6.92 Å². The summed E-state index contributed by atoms with van der Waals surface area (Å²) < 4.78 is 9.11. The molecule has 1 aliphatic carbocycles. The third-order valence-corrected chi connectivity index (χ3v) is 5.30. The first kappa shape index (κ1) is 18.9. The van der Waals surface area contributed by atoms with E-state index in [1.807, 2.05) is 6.92 Å². The first-order valence-corrected chi connectivity index (χ1v) is 8.44. The standard InChI is InChI=1S/C15H20Cl2N2O5/c1-4-8-10(11(20)23-5-2)9(19-13(22)18-8)6-24-12(21)14(3)7-15(14,16)17/h8H,4-7H2,1-3H3,(H2,18,19,22)/t8-,14+/m0/s1. The zero-order valence-corrected chi connectivity index (χ0v) is 15.2. The van der Waals surface area contributed by atoms with Gasteiger partial charge in [-0.15, -0.1) is 23.2 Å². The first-order chi connectivity index (χ1) is 11.2. The highest BCUT2D eigenvalue weighted by Gasteiger charge is 2.69. The normalized spacial score (nSPS) is 27.9. The van der Waals surface area contributed by atoms with Crippen LogP contribution >= 0.6 is 23.2 Å². The van der Waals surface area contributed by atoms with Gasteiger partial charge >= 0.3 is 18.0 Å². The SMILES string of the molecule is CCOC(=O)C1=C(COC(=O)[C@@]2(C)CC2(Cl)Cl)NC(=O)N[C@H]1CC. The Balaban J connectivity index is 2.17. The Bertz CT molecular complexity index is 605. The van der Waals surface area contributed by atoms with E-state index in [0.29, 0.717) is 6.42 Å². The predicted octanol–water partition coefficient (Wildman–Crippen LogP) is 2.02. The van der Waals surface area contributed by atoms with Crippen LogP contribution in [0.2, 0.25) is 0 Å². The number of alkyl halides is 2. The molecule has 1 aliphatic heterocycles. The number of rotatable bonds is 6. The van der Waals surface area contributed by atoms with Gasteiger partial charge in [-0.05, 0) is 20.3 Å². The zero-order chi connectivity index (χ0) is 18.1. The number of carbonyl (C=O) groups is 3. The lowest BCUT2D eigenvalue weighted by molar-refractivity contribution is -0.149. The highest BCUT2D eigenvalue weighted by atomic mass is 35.5. The molecule has 2 atom stereocenters. The molecule has 2 rings (SSSR count). The number of nitrogens with one attached hydrogen (secondary N) is 2. The Morgan fingerprint density at radius 2 is 1.92 bits per heavy atom. The van der Waals surface area contributed by atoms with Crippen molar-refractivity contribution in [3.8, 4) is 0 Å². The Kier molecular flexibility index (Phi) is 5.34. The van der Waals surface area contributed by atoms with Crippen LogP contribution < -0.4 is 10.6 Å². The van der Waals surface area contributed by atoms with E-state index >= 15 is 0 Å². The first-order valence-electron chi connectivity index (χ1n) is 7.69. The Morgan fingerprint density at radius 3 is 2.42 bits per heavy atom. The second kappa shape index (κ2) is 6.80. The van der Waals surface area contributed by atoms with Crippen molar-refractivity contribution in [3.05, 3.63) is 11.3 Å². The van der Waals surface area contributed by atoms with Crippen LogP contribution in [0.15, 0.2) is 11.3 Å². The third kappa shape index (κ3) is 3.47. The van der Waals surface area contributed by atoms with Gasteiger partial charge in [0.2, 0.25) is 0 Å². The largest absolute Gasteiger partial charge is 0.463 e. The summed E-state index contributed by atoms with van der Waals surface area (Å²) in [4.78, 5) is 36.1. The highest BCUT2D eigenvalue weighted by molar-refractivity contribution is 6.53. The molecule has 0 aromatic heterocycles. The second-order valence-corrected chi connectivity index (χ2v) is 7.45. The van der Waals surface area contributed by atoms with Crippen LogP contribution in [-0.4, -0.2) is 41.6 Å². The molecule has 1 heterocycles. The van der Waals surface area contributed by atoms with Crippen molar-refractivity contribution < 1.29 is 23.9 Å². The maximum absolute atomic E-state index is 12.2. The summed E-state index contributed by atoms with van der Waals surface area (Å²) in [7, 11) is 0. The quantitative estimate of drug-likeness (QED) is 0.544. The van der Waals surface area contributed by atoms with E-state index in [1.165, 1.54) is 0 Å². The van der Waals surface area contributed by atoms with Crippen LogP contribution in [0, 0.1) is 5.41 Å². The fourth-order valence-corrected chi connectivity index (χ4v) is 3.18. The van der Waals surface area contributed by atoms with Crippen molar-refractivity contribution in [2.75, 3.05) is 13.2 Å². The average molecular weight is 379 g/mol. The number of hydrogen-bond acceptors (Lipinski definition) is 5. The molecule has 0 unspecified atom stereocenters. The summed E-state index contributed by atoms with van der Waals surface area (Å²) in [6, 6.07) is -0.981. The molecular weight excluding hydrogens is 359 g/mol. The van der Waals surface area contributed by atoms with Crippen molar-refractivity contribution in [3.63, 3.8) is 0 Å². The minimum absolute atomic E-state index is 0.193. The third-order valence-electron chi connectivity index (χ3n) is 4.20. The Labute approximate surface area is 150 Å². The van der Waals surface area contributed by atoms with Crippen LogP contribution in [0.5, 0.6) is 0 Å². The average Bonchev–Trinajstić information content (AvgIpc) is 3.03. The number of carbonyl (C=O) groups excluding carboxylic acids is 3. The lowest BCUT2D eigenvalue weighted by Gasteiger charge is -2.28. The van der Waals surface area contributed by atoms with Gasteiger partial charge < -0.3 is 20.1 Å². The van der Waals surface area contributed by atoms with Crippen LogP contribution in [0.25, 0.3) is 0 Å². The van der Waals surface area contributed by atoms with Crippen molar-refractivity contribution >= 4 is 41.2 Å². The number of urea groups is 1. The number of hydrogen-bond donors (Lipinski definition) is 2. The molecule has 0 radical (unpaired) electrons. The highest BCUT2D eigenvalue weighted by Crippen LogP contribution is 2.64. The molecule has 0 aromatic rings. The van der Waals surface area contributed by atoms with E-state index in [1.54, 1.807) is 13.8 Å². The topological polar surface area (TPSA) is 93.7 Å². The lowest BCUT2D eigenvalue weighted by Crippen LogP contribution is -2.51.